The summed E-state index contributed by atoms with van der Waals surface area (Å²) < 4.78 is 5.35. The molecule has 1 N–H and O–H groups in total. The zero-order valence-electron chi connectivity index (χ0n) is 8.82. The minimum absolute atomic E-state index is 0.305. The van der Waals surface area contributed by atoms with Crippen LogP contribution >= 0.6 is 0 Å². The van der Waals surface area contributed by atoms with Crippen LogP contribution in [0.3, 0.4) is 0 Å². The SMILES string of the molecule is OCCN(CC1CCOCC1)C1CC1. The van der Waals surface area contributed by atoms with Crippen molar-refractivity contribution in [3.8, 4) is 0 Å². The standard InChI is InChI=1S/C11H21NO2/c13-6-5-12(11-1-2-11)9-10-3-7-14-8-4-10/h10-11,13H,1-9H2. The van der Waals surface area contributed by atoms with Gasteiger partial charge in [0.1, 0.15) is 0 Å². The Hall–Kier alpha value is -0.120. The van der Waals surface area contributed by atoms with Gasteiger partial charge in [-0.1, -0.05) is 0 Å². The first-order valence-corrected chi connectivity index (χ1v) is 5.83. The number of aliphatic hydroxyl groups excluding tert-OH is 1. The Morgan fingerprint density at radius 3 is 2.43 bits per heavy atom. The van der Waals surface area contributed by atoms with E-state index < -0.39 is 0 Å². The Morgan fingerprint density at radius 2 is 1.86 bits per heavy atom. The fraction of sp³-hybridized carbons (Fsp3) is 1.00. The van der Waals surface area contributed by atoms with E-state index in [4.69, 9.17) is 9.84 Å². The topological polar surface area (TPSA) is 32.7 Å². The molecule has 3 nitrogen and oxygen atoms in total. The van der Waals surface area contributed by atoms with Crippen LogP contribution in [0.15, 0.2) is 0 Å². The average molecular weight is 199 g/mol. The highest BCUT2D eigenvalue weighted by molar-refractivity contribution is 4.85. The Labute approximate surface area is 86.0 Å². The van der Waals surface area contributed by atoms with Crippen molar-refractivity contribution in [2.75, 3.05) is 32.9 Å². The van der Waals surface area contributed by atoms with Gasteiger partial charge in [0.05, 0.1) is 6.61 Å². The molecule has 0 bridgehead atoms. The van der Waals surface area contributed by atoms with Crippen molar-refractivity contribution in [2.45, 2.75) is 31.7 Å². The number of rotatable bonds is 5. The molecule has 0 radical (unpaired) electrons. The smallest absolute Gasteiger partial charge is 0.0558 e. The van der Waals surface area contributed by atoms with Gasteiger partial charge in [0, 0.05) is 32.3 Å². The molecule has 2 rings (SSSR count). The molecular formula is C11H21NO2. The van der Waals surface area contributed by atoms with E-state index in [0.29, 0.717) is 6.61 Å². The van der Waals surface area contributed by atoms with Crippen LogP contribution in [-0.2, 0) is 4.74 Å². The maximum absolute atomic E-state index is 8.98. The van der Waals surface area contributed by atoms with Gasteiger partial charge in [-0.3, -0.25) is 4.90 Å². The Kier molecular flexibility index (Phi) is 3.79. The second-order valence-electron chi connectivity index (χ2n) is 4.51. The number of hydrogen-bond acceptors (Lipinski definition) is 3. The maximum Gasteiger partial charge on any atom is 0.0558 e. The van der Waals surface area contributed by atoms with Crippen LogP contribution in [0, 0.1) is 5.92 Å². The third kappa shape index (κ3) is 2.94. The molecule has 0 aromatic carbocycles. The van der Waals surface area contributed by atoms with Crippen molar-refractivity contribution in [3.63, 3.8) is 0 Å². The third-order valence-electron chi connectivity index (χ3n) is 3.28. The van der Waals surface area contributed by atoms with Crippen molar-refractivity contribution in [3.05, 3.63) is 0 Å². The van der Waals surface area contributed by atoms with Gasteiger partial charge in [0.2, 0.25) is 0 Å². The number of hydrogen-bond donors (Lipinski definition) is 1. The first kappa shape index (κ1) is 10.4. The van der Waals surface area contributed by atoms with E-state index in [1.54, 1.807) is 0 Å². The molecule has 1 saturated carbocycles. The van der Waals surface area contributed by atoms with E-state index in [0.717, 1.165) is 31.7 Å². The monoisotopic (exact) mass is 199 g/mol. The molecule has 82 valence electrons. The van der Waals surface area contributed by atoms with E-state index in [1.807, 2.05) is 0 Å². The molecule has 1 aliphatic carbocycles. The third-order valence-corrected chi connectivity index (χ3v) is 3.28. The van der Waals surface area contributed by atoms with Gasteiger partial charge in [-0.25, -0.2) is 0 Å². The Bertz CT molecular complexity index is 165. The van der Waals surface area contributed by atoms with Gasteiger partial charge in [-0.05, 0) is 31.6 Å². The molecule has 0 atom stereocenters. The quantitative estimate of drug-likeness (QED) is 0.713. The van der Waals surface area contributed by atoms with Crippen LogP contribution in [0.1, 0.15) is 25.7 Å². The zero-order valence-corrected chi connectivity index (χ0v) is 8.82. The lowest BCUT2D eigenvalue weighted by Gasteiger charge is -2.29. The predicted molar refractivity (Wildman–Crippen MR) is 55.2 cm³/mol. The van der Waals surface area contributed by atoms with Crippen LogP contribution in [0.2, 0.25) is 0 Å². The highest BCUT2D eigenvalue weighted by Gasteiger charge is 2.30. The van der Waals surface area contributed by atoms with Crippen molar-refractivity contribution in [2.24, 2.45) is 5.92 Å². The van der Waals surface area contributed by atoms with Gasteiger partial charge >= 0.3 is 0 Å². The first-order valence-electron chi connectivity index (χ1n) is 5.83. The summed E-state index contributed by atoms with van der Waals surface area (Å²) in [7, 11) is 0. The van der Waals surface area contributed by atoms with Gasteiger partial charge < -0.3 is 9.84 Å². The highest BCUT2D eigenvalue weighted by atomic mass is 16.5. The lowest BCUT2D eigenvalue weighted by Crippen LogP contribution is -2.36. The predicted octanol–water partition coefficient (Wildman–Crippen LogP) is 0.870. The van der Waals surface area contributed by atoms with E-state index in [1.165, 1.54) is 32.2 Å². The zero-order chi connectivity index (χ0) is 9.80. The molecular weight excluding hydrogens is 178 g/mol. The molecule has 0 aromatic rings. The summed E-state index contributed by atoms with van der Waals surface area (Å²) in [6.07, 6.45) is 5.08. The summed E-state index contributed by atoms with van der Waals surface area (Å²) in [5.74, 6) is 0.802. The fourth-order valence-corrected chi connectivity index (χ4v) is 2.25. The highest BCUT2D eigenvalue weighted by Crippen LogP contribution is 2.28. The van der Waals surface area contributed by atoms with E-state index in [2.05, 4.69) is 4.90 Å². The molecule has 2 fully saturated rings. The van der Waals surface area contributed by atoms with Crippen molar-refractivity contribution < 1.29 is 9.84 Å². The summed E-state index contributed by atoms with van der Waals surface area (Å²) in [5.41, 5.74) is 0. The van der Waals surface area contributed by atoms with Gasteiger partial charge in [0.15, 0.2) is 0 Å². The van der Waals surface area contributed by atoms with E-state index >= 15 is 0 Å². The van der Waals surface area contributed by atoms with Crippen LogP contribution in [-0.4, -0.2) is 49.0 Å². The van der Waals surface area contributed by atoms with Gasteiger partial charge in [-0.2, -0.15) is 0 Å². The summed E-state index contributed by atoms with van der Waals surface area (Å²) in [6, 6.07) is 0.782. The number of aliphatic hydroxyl groups is 1. The second kappa shape index (κ2) is 5.10. The molecule has 14 heavy (non-hydrogen) atoms. The molecule has 1 saturated heterocycles. The largest absolute Gasteiger partial charge is 0.395 e. The number of nitrogens with zero attached hydrogens (tertiary/aromatic N) is 1. The number of ether oxygens (including phenoxy) is 1. The molecule has 0 unspecified atom stereocenters. The lowest BCUT2D eigenvalue weighted by atomic mass is 9.99. The van der Waals surface area contributed by atoms with Gasteiger partial charge in [0.25, 0.3) is 0 Å². The van der Waals surface area contributed by atoms with E-state index in [-0.39, 0.29) is 0 Å². The van der Waals surface area contributed by atoms with Crippen LogP contribution in [0.5, 0.6) is 0 Å². The van der Waals surface area contributed by atoms with Crippen LogP contribution in [0.4, 0.5) is 0 Å². The minimum atomic E-state index is 0.305. The van der Waals surface area contributed by atoms with Crippen LogP contribution in [0.25, 0.3) is 0 Å². The second-order valence-corrected chi connectivity index (χ2v) is 4.51. The summed E-state index contributed by atoms with van der Waals surface area (Å²) in [6.45, 7) is 4.21. The fourth-order valence-electron chi connectivity index (χ4n) is 2.25. The molecule has 0 aromatic heterocycles. The minimum Gasteiger partial charge on any atom is -0.395 e. The molecule has 0 amide bonds. The Balaban J connectivity index is 1.73. The summed E-state index contributed by atoms with van der Waals surface area (Å²) in [5, 5.41) is 8.98. The molecule has 2 aliphatic rings. The first-order chi connectivity index (χ1) is 6.90. The van der Waals surface area contributed by atoms with E-state index in [9.17, 15) is 0 Å². The van der Waals surface area contributed by atoms with Crippen molar-refractivity contribution in [1.29, 1.82) is 0 Å². The average Bonchev–Trinajstić information content (AvgIpc) is 3.02. The molecule has 1 aliphatic heterocycles. The van der Waals surface area contributed by atoms with Crippen LogP contribution < -0.4 is 0 Å². The summed E-state index contributed by atoms with van der Waals surface area (Å²) in [4.78, 5) is 2.47. The van der Waals surface area contributed by atoms with Crippen molar-refractivity contribution in [1.82, 2.24) is 4.90 Å². The Morgan fingerprint density at radius 1 is 1.14 bits per heavy atom. The van der Waals surface area contributed by atoms with Gasteiger partial charge in [-0.15, -0.1) is 0 Å². The summed E-state index contributed by atoms with van der Waals surface area (Å²) >= 11 is 0. The molecule has 1 heterocycles. The maximum atomic E-state index is 8.98. The lowest BCUT2D eigenvalue weighted by molar-refractivity contribution is 0.0485. The normalized spacial score (nSPS) is 24.4. The molecule has 3 heteroatoms. The molecule has 0 spiro atoms. The van der Waals surface area contributed by atoms with Crippen molar-refractivity contribution >= 4 is 0 Å².